The molecule has 0 saturated carbocycles. The molecule has 0 atom stereocenters. The Morgan fingerprint density at radius 3 is 2.33 bits per heavy atom. The van der Waals surface area contributed by atoms with Crippen LogP contribution in [0.3, 0.4) is 0 Å². The van der Waals surface area contributed by atoms with Crippen molar-refractivity contribution in [2.24, 2.45) is 0 Å². The fourth-order valence-electron chi connectivity index (χ4n) is 3.71. The quantitative estimate of drug-likeness (QED) is 0.407. The predicted molar refractivity (Wildman–Crippen MR) is 126 cm³/mol. The zero-order chi connectivity index (χ0) is 21.3. The summed E-state index contributed by atoms with van der Waals surface area (Å²) in [6.45, 7) is 8.46. The third kappa shape index (κ3) is 3.84. The third-order valence-corrected chi connectivity index (χ3v) is 5.42. The van der Waals surface area contributed by atoms with E-state index < -0.39 is 0 Å². The van der Waals surface area contributed by atoms with E-state index in [1.807, 2.05) is 55.5 Å². The molecule has 0 aliphatic rings. The van der Waals surface area contributed by atoms with E-state index in [2.05, 4.69) is 51.1 Å². The van der Waals surface area contributed by atoms with Gasteiger partial charge in [-0.2, -0.15) is 0 Å². The van der Waals surface area contributed by atoms with Gasteiger partial charge in [0.2, 0.25) is 0 Å². The van der Waals surface area contributed by atoms with Gasteiger partial charge in [0.05, 0.1) is 16.6 Å². The van der Waals surface area contributed by atoms with Crippen molar-refractivity contribution in [2.75, 3.05) is 0 Å². The lowest BCUT2D eigenvalue weighted by Gasteiger charge is -2.14. The van der Waals surface area contributed by atoms with Crippen molar-refractivity contribution in [3.8, 4) is 5.69 Å². The second-order valence-electron chi connectivity index (χ2n) is 8.07. The lowest BCUT2D eigenvalue weighted by Crippen LogP contribution is -2.23. The van der Waals surface area contributed by atoms with Crippen LogP contribution in [0.5, 0.6) is 0 Å². The van der Waals surface area contributed by atoms with Crippen molar-refractivity contribution in [2.45, 2.75) is 33.6 Å². The average molecular weight is 395 g/mol. The zero-order valence-electron chi connectivity index (χ0n) is 17.9. The Hall–Kier alpha value is -3.46. The van der Waals surface area contributed by atoms with Crippen molar-refractivity contribution in [3.05, 3.63) is 105 Å². The molecule has 1 heterocycles. The average Bonchev–Trinajstić information content (AvgIpc) is 2.73. The van der Waals surface area contributed by atoms with Gasteiger partial charge in [-0.15, -0.1) is 0 Å². The van der Waals surface area contributed by atoms with E-state index in [9.17, 15) is 4.79 Å². The Morgan fingerprint density at radius 1 is 0.900 bits per heavy atom. The first-order valence-electron chi connectivity index (χ1n) is 10.3. The predicted octanol–water partition coefficient (Wildman–Crippen LogP) is 6.30. The lowest BCUT2D eigenvalue weighted by atomic mass is 10.0. The van der Waals surface area contributed by atoms with Crippen molar-refractivity contribution in [3.63, 3.8) is 0 Å². The van der Waals surface area contributed by atoms with E-state index in [1.54, 1.807) is 4.57 Å². The molecule has 0 N–H and O–H groups in total. The summed E-state index contributed by atoms with van der Waals surface area (Å²) < 4.78 is 1.72. The van der Waals surface area contributed by atoms with Gasteiger partial charge in [-0.1, -0.05) is 74.0 Å². The maximum atomic E-state index is 13.4. The number of nitrogens with zero attached hydrogens (tertiary/aromatic N) is 2. The molecule has 0 fully saturated rings. The molecular weight excluding hydrogens is 368 g/mol. The van der Waals surface area contributed by atoms with Gasteiger partial charge in [-0.3, -0.25) is 9.36 Å². The Balaban J connectivity index is 1.88. The van der Waals surface area contributed by atoms with Crippen LogP contribution in [0.25, 0.3) is 28.7 Å². The largest absolute Gasteiger partial charge is 0.268 e. The molecule has 0 amide bonds. The van der Waals surface area contributed by atoms with Gasteiger partial charge in [-0.05, 0) is 60.7 Å². The summed E-state index contributed by atoms with van der Waals surface area (Å²) in [5.41, 5.74) is 6.11. The summed E-state index contributed by atoms with van der Waals surface area (Å²) in [4.78, 5) is 18.2. The van der Waals surface area contributed by atoms with Crippen LogP contribution in [0.1, 0.15) is 47.8 Å². The minimum absolute atomic E-state index is 0.0534. The SMILES string of the molecule is Cc1ccc(-n2c(/C=C/c3ccc(C(C)C)cc3)nc3ccccc3c2=O)c(C)c1. The van der Waals surface area contributed by atoms with Gasteiger partial charge in [-0.25, -0.2) is 4.98 Å². The van der Waals surface area contributed by atoms with Crippen LogP contribution in [-0.4, -0.2) is 9.55 Å². The molecule has 4 rings (SSSR count). The highest BCUT2D eigenvalue weighted by molar-refractivity contribution is 5.80. The van der Waals surface area contributed by atoms with Crippen LogP contribution >= 0.6 is 0 Å². The number of para-hydroxylation sites is 1. The molecule has 0 bridgehead atoms. The Kier molecular flexibility index (Phi) is 5.37. The molecule has 1 aromatic heterocycles. The minimum atomic E-state index is -0.0534. The first-order chi connectivity index (χ1) is 14.4. The second-order valence-corrected chi connectivity index (χ2v) is 8.07. The summed E-state index contributed by atoms with van der Waals surface area (Å²) in [6, 6.07) is 22.1. The van der Waals surface area contributed by atoms with Crippen molar-refractivity contribution >= 4 is 23.1 Å². The number of aryl methyl sites for hydroxylation is 2. The van der Waals surface area contributed by atoms with Crippen molar-refractivity contribution in [1.82, 2.24) is 9.55 Å². The van der Waals surface area contributed by atoms with E-state index >= 15 is 0 Å². The molecule has 0 unspecified atom stereocenters. The fourth-order valence-corrected chi connectivity index (χ4v) is 3.71. The van der Waals surface area contributed by atoms with E-state index in [4.69, 9.17) is 4.98 Å². The maximum Gasteiger partial charge on any atom is 0.266 e. The molecule has 0 aliphatic carbocycles. The second kappa shape index (κ2) is 8.11. The number of benzene rings is 3. The van der Waals surface area contributed by atoms with Gasteiger partial charge in [0, 0.05) is 0 Å². The molecule has 3 nitrogen and oxygen atoms in total. The normalized spacial score (nSPS) is 11.6. The summed E-state index contributed by atoms with van der Waals surface area (Å²) in [7, 11) is 0. The number of hydrogen-bond acceptors (Lipinski definition) is 2. The van der Waals surface area contributed by atoms with E-state index in [1.165, 1.54) is 11.1 Å². The molecule has 0 spiro atoms. The van der Waals surface area contributed by atoms with Gasteiger partial charge in [0.25, 0.3) is 5.56 Å². The molecule has 150 valence electrons. The van der Waals surface area contributed by atoms with Gasteiger partial charge in [0.1, 0.15) is 5.82 Å². The van der Waals surface area contributed by atoms with Crippen LogP contribution in [0.2, 0.25) is 0 Å². The molecule has 30 heavy (non-hydrogen) atoms. The summed E-state index contributed by atoms with van der Waals surface area (Å²) in [5.74, 6) is 1.12. The number of hydrogen-bond donors (Lipinski definition) is 0. The highest BCUT2D eigenvalue weighted by Gasteiger charge is 2.12. The van der Waals surface area contributed by atoms with Crippen LogP contribution < -0.4 is 5.56 Å². The molecule has 0 radical (unpaired) electrons. The third-order valence-electron chi connectivity index (χ3n) is 5.42. The molecule has 4 aromatic rings. The van der Waals surface area contributed by atoms with E-state index in [-0.39, 0.29) is 5.56 Å². The van der Waals surface area contributed by atoms with Crippen LogP contribution in [0, 0.1) is 13.8 Å². The van der Waals surface area contributed by atoms with Crippen LogP contribution in [-0.2, 0) is 0 Å². The molecule has 3 heteroatoms. The fraction of sp³-hybridized carbons (Fsp3) is 0.185. The first-order valence-corrected chi connectivity index (χ1v) is 10.3. The Bertz CT molecular complexity index is 1290. The zero-order valence-corrected chi connectivity index (χ0v) is 17.9. The summed E-state index contributed by atoms with van der Waals surface area (Å²) in [6.07, 6.45) is 3.94. The standard InChI is InChI=1S/C27H26N2O/c1-18(2)22-13-10-21(11-14-22)12-16-26-28-24-8-6-5-7-23(24)27(30)29(26)25-15-9-19(3)17-20(25)4/h5-18H,1-4H3/b16-12+. The van der Waals surface area contributed by atoms with Crippen molar-refractivity contribution < 1.29 is 0 Å². The smallest absolute Gasteiger partial charge is 0.266 e. The molecule has 0 saturated heterocycles. The number of rotatable bonds is 4. The topological polar surface area (TPSA) is 34.9 Å². The van der Waals surface area contributed by atoms with Gasteiger partial charge < -0.3 is 0 Å². The Morgan fingerprint density at radius 2 is 1.63 bits per heavy atom. The monoisotopic (exact) mass is 394 g/mol. The Labute approximate surface area is 177 Å². The molecular formula is C27H26N2O. The first kappa shape index (κ1) is 19.8. The number of aromatic nitrogens is 2. The van der Waals surface area contributed by atoms with E-state index in [0.717, 1.165) is 16.8 Å². The summed E-state index contributed by atoms with van der Waals surface area (Å²) >= 11 is 0. The molecule has 0 aliphatic heterocycles. The lowest BCUT2D eigenvalue weighted by molar-refractivity contribution is 0.866. The highest BCUT2D eigenvalue weighted by Crippen LogP contribution is 2.20. The number of fused-ring (bicyclic) bond motifs is 1. The van der Waals surface area contributed by atoms with Crippen molar-refractivity contribution in [1.29, 1.82) is 0 Å². The van der Waals surface area contributed by atoms with Crippen LogP contribution in [0.15, 0.2) is 71.5 Å². The summed E-state index contributed by atoms with van der Waals surface area (Å²) in [5, 5.41) is 0.621. The van der Waals surface area contributed by atoms with Gasteiger partial charge >= 0.3 is 0 Å². The molecule has 3 aromatic carbocycles. The highest BCUT2D eigenvalue weighted by atomic mass is 16.1. The van der Waals surface area contributed by atoms with Gasteiger partial charge in [0.15, 0.2) is 0 Å². The maximum absolute atomic E-state index is 13.4. The van der Waals surface area contributed by atoms with Crippen LogP contribution in [0.4, 0.5) is 0 Å². The van der Waals surface area contributed by atoms with E-state index in [0.29, 0.717) is 22.6 Å². The minimum Gasteiger partial charge on any atom is -0.268 e.